The van der Waals surface area contributed by atoms with E-state index in [-0.39, 0.29) is 10.6 Å². The summed E-state index contributed by atoms with van der Waals surface area (Å²) in [6, 6.07) is 3.63. The third kappa shape index (κ3) is 3.57. The summed E-state index contributed by atoms with van der Waals surface area (Å²) in [5, 5.41) is 11.4. The Morgan fingerprint density at radius 1 is 1.25 bits per heavy atom. The van der Waals surface area contributed by atoms with E-state index in [1.165, 1.54) is 38.3 Å². The molecule has 1 N–H and O–H groups in total. The van der Waals surface area contributed by atoms with Crippen LogP contribution >= 0.6 is 0 Å². The Morgan fingerprint density at radius 3 is 2.33 bits per heavy atom. The number of aliphatic hydroxyl groups excluding tert-OH is 1. The van der Waals surface area contributed by atoms with Crippen molar-refractivity contribution >= 4 is 19.9 Å². The number of aryl methyl sites for hydroxylation is 1. The van der Waals surface area contributed by atoms with E-state index in [2.05, 4.69) is 0 Å². The van der Waals surface area contributed by atoms with Crippen LogP contribution in [0.4, 0.5) is 0 Å². The van der Waals surface area contributed by atoms with Crippen LogP contribution in [0.2, 0.25) is 0 Å². The predicted octanol–water partition coefficient (Wildman–Crippen LogP) is -0.371. The molecule has 2 atom stereocenters. The third-order valence-corrected chi connectivity index (χ3v) is 7.48. The van der Waals surface area contributed by atoms with E-state index in [1.54, 1.807) is 13.0 Å². The Hall–Kier alpha value is -1.20. The summed E-state index contributed by atoms with van der Waals surface area (Å²) in [6.45, 7) is 1.74. The SMILES string of the molecule is COc1ccc(C)cc1S(=O)(=O)N([C@@H]1CS(=O)(=O)C[C@H]1O)N(C)C. The first-order valence-electron chi connectivity index (χ1n) is 7.24. The molecule has 1 fully saturated rings. The number of hydrogen-bond acceptors (Lipinski definition) is 7. The van der Waals surface area contributed by atoms with Crippen molar-refractivity contribution in [2.24, 2.45) is 0 Å². The second kappa shape index (κ2) is 6.60. The van der Waals surface area contributed by atoms with Crippen molar-refractivity contribution in [3.63, 3.8) is 0 Å². The zero-order valence-electron chi connectivity index (χ0n) is 14.0. The second-order valence-electron chi connectivity index (χ2n) is 5.99. The van der Waals surface area contributed by atoms with Crippen LogP contribution in [0.25, 0.3) is 0 Å². The van der Waals surface area contributed by atoms with Gasteiger partial charge in [0.15, 0.2) is 9.84 Å². The molecule has 24 heavy (non-hydrogen) atoms. The van der Waals surface area contributed by atoms with Crippen LogP contribution in [0, 0.1) is 6.92 Å². The Balaban J connectivity index is 2.58. The summed E-state index contributed by atoms with van der Waals surface area (Å²) in [6.07, 6.45) is -1.29. The van der Waals surface area contributed by atoms with Gasteiger partial charge in [-0.25, -0.2) is 21.8 Å². The molecule has 0 saturated carbocycles. The molecule has 10 heteroatoms. The monoisotopic (exact) mass is 378 g/mol. The predicted molar refractivity (Wildman–Crippen MR) is 88.9 cm³/mol. The van der Waals surface area contributed by atoms with Crippen molar-refractivity contribution in [2.45, 2.75) is 24.0 Å². The summed E-state index contributed by atoms with van der Waals surface area (Å²) in [5.41, 5.74) is 0.715. The molecule has 1 saturated heterocycles. The van der Waals surface area contributed by atoms with E-state index in [9.17, 15) is 21.9 Å². The van der Waals surface area contributed by atoms with E-state index in [0.29, 0.717) is 5.56 Å². The standard InChI is InChI=1S/C14H22N2O6S2/c1-10-5-6-13(22-4)14(7-10)24(20,21)16(15(2)3)11-8-23(18,19)9-12(11)17/h5-7,11-12,17H,8-9H2,1-4H3/t11-,12-/m1/s1. The number of sulfone groups is 1. The van der Waals surface area contributed by atoms with Gasteiger partial charge in [-0.1, -0.05) is 6.07 Å². The summed E-state index contributed by atoms with van der Waals surface area (Å²) < 4.78 is 55.9. The van der Waals surface area contributed by atoms with Gasteiger partial charge in [0.1, 0.15) is 10.6 Å². The average Bonchev–Trinajstić information content (AvgIpc) is 2.71. The molecule has 0 radical (unpaired) electrons. The number of hydrazine groups is 1. The summed E-state index contributed by atoms with van der Waals surface area (Å²) in [5.74, 6) is -0.731. The van der Waals surface area contributed by atoms with Crippen molar-refractivity contribution in [1.82, 2.24) is 9.42 Å². The lowest BCUT2D eigenvalue weighted by molar-refractivity contribution is 0.0270. The van der Waals surface area contributed by atoms with Gasteiger partial charge in [0.25, 0.3) is 10.0 Å². The molecule has 0 amide bonds. The Kier molecular flexibility index (Phi) is 5.26. The highest BCUT2D eigenvalue weighted by molar-refractivity contribution is 7.92. The zero-order valence-corrected chi connectivity index (χ0v) is 15.6. The Labute approximate surface area is 142 Å². The zero-order chi connectivity index (χ0) is 18.3. The molecule has 1 aliphatic rings. The number of rotatable bonds is 5. The second-order valence-corrected chi connectivity index (χ2v) is 9.91. The van der Waals surface area contributed by atoms with E-state index in [4.69, 9.17) is 4.74 Å². The minimum atomic E-state index is -4.12. The summed E-state index contributed by atoms with van der Waals surface area (Å²) in [7, 11) is -3.30. The van der Waals surface area contributed by atoms with Crippen molar-refractivity contribution in [3.05, 3.63) is 23.8 Å². The van der Waals surface area contributed by atoms with Gasteiger partial charge < -0.3 is 9.84 Å². The maximum atomic E-state index is 13.1. The summed E-state index contributed by atoms with van der Waals surface area (Å²) in [4.78, 5) is -0.0739. The van der Waals surface area contributed by atoms with Gasteiger partial charge in [-0.2, -0.15) is 0 Å². The maximum Gasteiger partial charge on any atom is 0.260 e. The number of ether oxygens (including phenoxy) is 1. The smallest absolute Gasteiger partial charge is 0.260 e. The average molecular weight is 378 g/mol. The van der Waals surface area contributed by atoms with Gasteiger partial charge in [-0.3, -0.25) is 0 Å². The molecule has 2 rings (SSSR count). The van der Waals surface area contributed by atoms with E-state index in [1.807, 2.05) is 0 Å². The molecule has 0 aromatic heterocycles. The third-order valence-electron chi connectivity index (χ3n) is 3.81. The van der Waals surface area contributed by atoms with Crippen LogP contribution in [0.1, 0.15) is 5.56 Å². The van der Waals surface area contributed by atoms with Crippen LogP contribution in [0.3, 0.4) is 0 Å². The minimum Gasteiger partial charge on any atom is -0.495 e. The highest BCUT2D eigenvalue weighted by atomic mass is 32.2. The van der Waals surface area contributed by atoms with Crippen LogP contribution in [-0.4, -0.2) is 76.2 Å². The summed E-state index contributed by atoms with van der Waals surface area (Å²) >= 11 is 0. The highest BCUT2D eigenvalue weighted by Crippen LogP contribution is 2.31. The number of sulfonamides is 1. The first kappa shape index (κ1) is 19.1. The molecule has 8 nitrogen and oxygen atoms in total. The van der Waals surface area contributed by atoms with E-state index < -0.39 is 43.5 Å². The molecule has 136 valence electrons. The fraction of sp³-hybridized carbons (Fsp3) is 0.571. The Morgan fingerprint density at radius 2 is 1.88 bits per heavy atom. The van der Waals surface area contributed by atoms with Gasteiger partial charge in [-0.15, -0.1) is 4.41 Å². The molecule has 1 aliphatic heterocycles. The molecule has 1 heterocycles. The molecule has 0 aliphatic carbocycles. The maximum absolute atomic E-state index is 13.1. The Bertz CT molecular complexity index is 820. The van der Waals surface area contributed by atoms with Crippen molar-refractivity contribution in [2.75, 3.05) is 32.7 Å². The van der Waals surface area contributed by atoms with Crippen molar-refractivity contribution < 1.29 is 26.7 Å². The van der Waals surface area contributed by atoms with Gasteiger partial charge in [0.2, 0.25) is 0 Å². The molecule has 0 spiro atoms. The molecule has 0 unspecified atom stereocenters. The highest BCUT2D eigenvalue weighted by Gasteiger charge is 2.46. The van der Waals surface area contributed by atoms with Gasteiger partial charge in [0, 0.05) is 14.1 Å². The first-order chi connectivity index (χ1) is 11.0. The lowest BCUT2D eigenvalue weighted by atomic mass is 10.2. The first-order valence-corrected chi connectivity index (χ1v) is 10.5. The van der Waals surface area contributed by atoms with Crippen LogP contribution in [0.5, 0.6) is 5.75 Å². The largest absolute Gasteiger partial charge is 0.495 e. The van der Waals surface area contributed by atoms with E-state index >= 15 is 0 Å². The fourth-order valence-corrected chi connectivity index (χ4v) is 6.60. The number of methoxy groups -OCH3 is 1. The normalized spacial score (nSPS) is 23.8. The lowest BCUT2D eigenvalue weighted by Gasteiger charge is -2.34. The van der Waals surface area contributed by atoms with Crippen molar-refractivity contribution in [1.29, 1.82) is 0 Å². The van der Waals surface area contributed by atoms with Crippen LogP contribution < -0.4 is 4.74 Å². The lowest BCUT2D eigenvalue weighted by Crippen LogP contribution is -2.53. The van der Waals surface area contributed by atoms with E-state index in [0.717, 1.165) is 4.41 Å². The quantitative estimate of drug-likeness (QED) is 0.697. The number of aliphatic hydroxyl groups is 1. The van der Waals surface area contributed by atoms with Crippen LogP contribution in [-0.2, 0) is 19.9 Å². The number of benzene rings is 1. The number of hydrogen-bond donors (Lipinski definition) is 1. The molecule has 1 aromatic carbocycles. The van der Waals surface area contributed by atoms with Gasteiger partial charge >= 0.3 is 0 Å². The number of nitrogens with zero attached hydrogens (tertiary/aromatic N) is 2. The molecule has 1 aromatic rings. The van der Waals surface area contributed by atoms with Crippen LogP contribution in [0.15, 0.2) is 23.1 Å². The van der Waals surface area contributed by atoms with Crippen molar-refractivity contribution in [3.8, 4) is 5.75 Å². The van der Waals surface area contributed by atoms with Gasteiger partial charge in [-0.05, 0) is 24.6 Å². The molecular formula is C14H22N2O6S2. The molecule has 0 bridgehead atoms. The molecular weight excluding hydrogens is 356 g/mol. The topological polar surface area (TPSA) is 104 Å². The van der Waals surface area contributed by atoms with Gasteiger partial charge in [0.05, 0.1) is 30.8 Å². The fourth-order valence-electron chi connectivity index (χ4n) is 2.80. The minimum absolute atomic E-state index is 0.0739.